The van der Waals surface area contributed by atoms with Crippen LogP contribution < -0.4 is 9.80 Å². The fourth-order valence-corrected chi connectivity index (χ4v) is 6.42. The highest BCUT2D eigenvalue weighted by atomic mass is 15.1. The number of nitrogens with zero attached hydrogens (tertiary/aromatic N) is 2. The van der Waals surface area contributed by atoms with Gasteiger partial charge in [0.1, 0.15) is 0 Å². The highest BCUT2D eigenvalue weighted by molar-refractivity contribution is 5.79. The molecule has 0 unspecified atom stereocenters. The molecule has 8 aromatic rings. The monoisotopic (exact) mass is 708 g/mol. The highest BCUT2D eigenvalue weighted by Gasteiger charge is 2.12. The first kappa shape index (κ1) is 36.2. The highest BCUT2D eigenvalue weighted by Crippen LogP contribution is 2.35. The van der Waals surface area contributed by atoms with Crippen molar-refractivity contribution in [1.82, 2.24) is 0 Å². The minimum absolute atomic E-state index is 1.13. The predicted molar refractivity (Wildman–Crippen MR) is 238 cm³/mol. The van der Waals surface area contributed by atoms with E-state index in [2.05, 4.69) is 230 Å². The first-order valence-electron chi connectivity index (χ1n) is 18.6. The summed E-state index contributed by atoms with van der Waals surface area (Å²) in [6, 6.07) is 76.3. The van der Waals surface area contributed by atoms with Crippen molar-refractivity contribution in [2.75, 3.05) is 9.80 Å². The molecule has 0 aliphatic heterocycles. The molecule has 0 aliphatic rings. The number of hydrogen-bond donors (Lipinski definition) is 0. The number of para-hydroxylation sites is 4. The van der Waals surface area contributed by atoms with Crippen LogP contribution in [-0.4, -0.2) is 0 Å². The van der Waals surface area contributed by atoms with Gasteiger partial charge in [-0.2, -0.15) is 0 Å². The van der Waals surface area contributed by atoms with Crippen LogP contribution in [0.25, 0.3) is 29.4 Å². The third-order valence-electron chi connectivity index (χ3n) is 9.36. The van der Waals surface area contributed by atoms with Gasteiger partial charge in [-0.25, -0.2) is 0 Å². The van der Waals surface area contributed by atoms with E-state index < -0.39 is 0 Å². The van der Waals surface area contributed by atoms with Gasteiger partial charge in [0.25, 0.3) is 0 Å². The zero-order chi connectivity index (χ0) is 37.7. The van der Waals surface area contributed by atoms with E-state index in [4.69, 9.17) is 0 Å². The van der Waals surface area contributed by atoms with Crippen LogP contribution >= 0.6 is 0 Å². The summed E-state index contributed by atoms with van der Waals surface area (Å²) < 4.78 is 0. The maximum atomic E-state index is 3.82. The average molecular weight is 709 g/mol. The van der Waals surface area contributed by atoms with Crippen molar-refractivity contribution in [3.63, 3.8) is 0 Å². The van der Waals surface area contributed by atoms with E-state index in [0.29, 0.717) is 0 Å². The Kier molecular flexibility index (Phi) is 11.9. The Hall–Kier alpha value is -7.16. The summed E-state index contributed by atoms with van der Waals surface area (Å²) in [5.41, 5.74) is 14.1. The van der Waals surface area contributed by atoms with Crippen LogP contribution in [0.15, 0.2) is 225 Å². The van der Waals surface area contributed by atoms with Gasteiger partial charge in [0.15, 0.2) is 0 Å². The Labute approximate surface area is 326 Å². The van der Waals surface area contributed by atoms with Gasteiger partial charge in [-0.3, -0.25) is 0 Å². The fourth-order valence-electron chi connectivity index (χ4n) is 6.42. The largest absolute Gasteiger partial charge is 0.311 e. The Morgan fingerprint density at radius 1 is 0.309 bits per heavy atom. The lowest BCUT2D eigenvalue weighted by atomic mass is 10.0. The fraction of sp³-hybridized carbons (Fsp3) is 0.0189. The Balaban J connectivity index is 0.000000197. The van der Waals surface area contributed by atoms with Crippen molar-refractivity contribution in [2.45, 2.75) is 6.92 Å². The van der Waals surface area contributed by atoms with Gasteiger partial charge in [-0.05, 0) is 108 Å². The lowest BCUT2D eigenvalue weighted by molar-refractivity contribution is 1.27. The SMILES string of the molecule is C=Cc1ccc(-c2ccc(C=Cc3ccc(N(c4ccccc4)c4ccccc4)cc3)cc2)cc1.Cc1ccc(N(c2ccccc2)c2ccccc2)cc1. The summed E-state index contributed by atoms with van der Waals surface area (Å²) in [5.74, 6) is 0. The molecule has 0 amide bonds. The van der Waals surface area contributed by atoms with E-state index in [0.717, 1.165) is 22.6 Å². The summed E-state index contributed by atoms with van der Waals surface area (Å²) in [7, 11) is 0. The molecule has 0 spiro atoms. The Morgan fingerprint density at radius 2 is 0.582 bits per heavy atom. The number of aryl methyl sites for hydroxylation is 1. The maximum absolute atomic E-state index is 3.82. The Bertz CT molecular complexity index is 2310. The van der Waals surface area contributed by atoms with Crippen molar-refractivity contribution in [2.24, 2.45) is 0 Å². The summed E-state index contributed by atoms with van der Waals surface area (Å²) in [6.45, 7) is 5.93. The molecule has 2 heteroatoms. The van der Waals surface area contributed by atoms with Crippen molar-refractivity contribution in [1.29, 1.82) is 0 Å². The van der Waals surface area contributed by atoms with E-state index in [1.807, 2.05) is 30.3 Å². The molecule has 0 aromatic heterocycles. The lowest BCUT2D eigenvalue weighted by Gasteiger charge is -2.25. The van der Waals surface area contributed by atoms with Crippen LogP contribution in [0.1, 0.15) is 22.3 Å². The summed E-state index contributed by atoms with van der Waals surface area (Å²) in [5, 5.41) is 0. The average Bonchev–Trinajstić information content (AvgIpc) is 3.26. The van der Waals surface area contributed by atoms with Gasteiger partial charge >= 0.3 is 0 Å². The minimum Gasteiger partial charge on any atom is -0.311 e. The van der Waals surface area contributed by atoms with Gasteiger partial charge in [-0.15, -0.1) is 0 Å². The van der Waals surface area contributed by atoms with Crippen LogP contribution in [-0.2, 0) is 0 Å². The number of anilines is 6. The molecule has 55 heavy (non-hydrogen) atoms. The van der Waals surface area contributed by atoms with Gasteiger partial charge in [-0.1, -0.05) is 176 Å². The lowest BCUT2D eigenvalue weighted by Crippen LogP contribution is -2.09. The van der Waals surface area contributed by atoms with Crippen molar-refractivity contribution >= 4 is 52.4 Å². The van der Waals surface area contributed by atoms with Crippen molar-refractivity contribution < 1.29 is 0 Å². The Morgan fingerprint density at radius 3 is 0.909 bits per heavy atom. The zero-order valence-electron chi connectivity index (χ0n) is 31.1. The van der Waals surface area contributed by atoms with E-state index in [1.165, 1.54) is 44.9 Å². The third kappa shape index (κ3) is 9.45. The molecule has 0 bridgehead atoms. The first-order valence-corrected chi connectivity index (χ1v) is 18.6. The van der Waals surface area contributed by atoms with Crippen LogP contribution in [0.3, 0.4) is 0 Å². The first-order chi connectivity index (χ1) is 27.1. The second-order valence-corrected chi connectivity index (χ2v) is 13.2. The van der Waals surface area contributed by atoms with E-state index in [9.17, 15) is 0 Å². The topological polar surface area (TPSA) is 6.48 Å². The van der Waals surface area contributed by atoms with E-state index >= 15 is 0 Å². The summed E-state index contributed by atoms with van der Waals surface area (Å²) >= 11 is 0. The smallest absolute Gasteiger partial charge is 0.0462 e. The minimum atomic E-state index is 1.13. The second kappa shape index (κ2) is 18.1. The summed E-state index contributed by atoms with van der Waals surface area (Å²) in [4.78, 5) is 4.53. The van der Waals surface area contributed by atoms with E-state index in [1.54, 1.807) is 0 Å². The van der Waals surface area contributed by atoms with Crippen molar-refractivity contribution in [3.05, 3.63) is 247 Å². The molecule has 8 rings (SSSR count). The molecule has 0 atom stereocenters. The molecule has 266 valence electrons. The second-order valence-electron chi connectivity index (χ2n) is 13.2. The van der Waals surface area contributed by atoms with Gasteiger partial charge in [0.2, 0.25) is 0 Å². The molecule has 0 N–H and O–H groups in total. The van der Waals surface area contributed by atoms with Crippen LogP contribution in [0, 0.1) is 6.92 Å². The van der Waals surface area contributed by atoms with Crippen LogP contribution in [0.2, 0.25) is 0 Å². The normalized spacial score (nSPS) is 10.6. The quantitative estimate of drug-likeness (QED) is 0.131. The molecular formula is C53H44N2. The molecule has 8 aromatic carbocycles. The summed E-state index contributed by atoms with van der Waals surface area (Å²) in [6.07, 6.45) is 6.18. The molecule has 0 aliphatic carbocycles. The van der Waals surface area contributed by atoms with Gasteiger partial charge < -0.3 is 9.80 Å². The number of rotatable bonds is 10. The molecule has 0 saturated carbocycles. The molecule has 0 saturated heterocycles. The molecular weight excluding hydrogens is 665 g/mol. The van der Waals surface area contributed by atoms with Crippen molar-refractivity contribution in [3.8, 4) is 11.1 Å². The molecule has 0 fully saturated rings. The number of hydrogen-bond acceptors (Lipinski definition) is 2. The van der Waals surface area contributed by atoms with Crippen LogP contribution in [0.4, 0.5) is 34.1 Å². The zero-order valence-corrected chi connectivity index (χ0v) is 31.1. The number of benzene rings is 8. The van der Waals surface area contributed by atoms with E-state index in [-0.39, 0.29) is 0 Å². The standard InChI is InChI=1S/C34H27N.C19H17N/c1-2-27-15-21-30(22-16-27)31-23-17-28(18-24-31)13-14-29-19-25-34(26-20-29)35(32-9-5-3-6-10-32)33-11-7-4-8-12-33;1-16-12-14-19(15-13-16)20(17-8-4-2-5-9-17)18-10-6-3-7-11-18/h2-26H,1H2;2-15H,1H3. The third-order valence-corrected chi connectivity index (χ3v) is 9.36. The molecule has 2 nitrogen and oxygen atoms in total. The molecule has 0 heterocycles. The molecule has 0 radical (unpaired) electrons. The van der Waals surface area contributed by atoms with Gasteiger partial charge in [0, 0.05) is 34.1 Å². The predicted octanol–water partition coefficient (Wildman–Crippen LogP) is 15.1. The van der Waals surface area contributed by atoms with Crippen LogP contribution in [0.5, 0.6) is 0 Å². The van der Waals surface area contributed by atoms with Gasteiger partial charge in [0.05, 0.1) is 0 Å². The maximum Gasteiger partial charge on any atom is 0.0462 e.